The second kappa shape index (κ2) is 6.94. The Kier molecular flexibility index (Phi) is 4.49. The fraction of sp³-hybridized carbons (Fsp3) is 0.364. The van der Waals surface area contributed by atoms with Crippen molar-refractivity contribution in [2.24, 2.45) is 0 Å². The first-order valence-corrected chi connectivity index (χ1v) is 9.39. The lowest BCUT2D eigenvalue weighted by molar-refractivity contribution is -0.128. The molecule has 26 heavy (non-hydrogen) atoms. The first kappa shape index (κ1) is 16.8. The van der Waals surface area contributed by atoms with Gasteiger partial charge in [0, 0.05) is 31.6 Å². The Morgan fingerprint density at radius 1 is 1.04 bits per heavy atom. The summed E-state index contributed by atoms with van der Waals surface area (Å²) in [6, 6.07) is 16.2. The largest absolute Gasteiger partial charge is 0.338 e. The molecule has 0 saturated carbocycles. The third-order valence-electron chi connectivity index (χ3n) is 5.60. The fourth-order valence-corrected chi connectivity index (χ4v) is 4.06. The highest BCUT2D eigenvalue weighted by Gasteiger charge is 2.28. The summed E-state index contributed by atoms with van der Waals surface area (Å²) in [5.41, 5.74) is 4.38. The SMILES string of the molecule is C[C@@H]1c2ccccc2CCN1C(=O)c1ccc(CN2CCCC2=O)cc1. The molecule has 4 nitrogen and oxygen atoms in total. The van der Waals surface area contributed by atoms with Gasteiger partial charge < -0.3 is 9.80 Å². The summed E-state index contributed by atoms with van der Waals surface area (Å²) in [6.45, 7) is 4.33. The van der Waals surface area contributed by atoms with Crippen LogP contribution >= 0.6 is 0 Å². The zero-order valence-corrected chi connectivity index (χ0v) is 15.1. The summed E-state index contributed by atoms with van der Waals surface area (Å²) < 4.78 is 0. The number of rotatable bonds is 3. The summed E-state index contributed by atoms with van der Waals surface area (Å²) in [7, 11) is 0. The molecule has 0 spiro atoms. The van der Waals surface area contributed by atoms with E-state index in [2.05, 4.69) is 25.1 Å². The molecule has 2 heterocycles. The Labute approximate surface area is 154 Å². The lowest BCUT2D eigenvalue weighted by Gasteiger charge is -2.35. The Hall–Kier alpha value is -2.62. The van der Waals surface area contributed by atoms with E-state index in [4.69, 9.17) is 0 Å². The first-order chi connectivity index (χ1) is 12.6. The average molecular weight is 348 g/mol. The Bertz CT molecular complexity index is 828. The Balaban J connectivity index is 1.47. The van der Waals surface area contributed by atoms with E-state index in [-0.39, 0.29) is 17.9 Å². The van der Waals surface area contributed by atoms with Gasteiger partial charge in [0.05, 0.1) is 6.04 Å². The van der Waals surface area contributed by atoms with Crippen LogP contribution in [0.15, 0.2) is 48.5 Å². The van der Waals surface area contributed by atoms with Crippen LogP contribution in [0, 0.1) is 0 Å². The molecule has 134 valence electrons. The van der Waals surface area contributed by atoms with Crippen molar-refractivity contribution in [3.8, 4) is 0 Å². The van der Waals surface area contributed by atoms with Gasteiger partial charge >= 0.3 is 0 Å². The third-order valence-corrected chi connectivity index (χ3v) is 5.60. The molecule has 4 rings (SSSR count). The summed E-state index contributed by atoms with van der Waals surface area (Å²) in [5.74, 6) is 0.307. The predicted molar refractivity (Wildman–Crippen MR) is 101 cm³/mol. The van der Waals surface area contributed by atoms with Crippen molar-refractivity contribution < 1.29 is 9.59 Å². The van der Waals surface area contributed by atoms with Gasteiger partial charge in [0.15, 0.2) is 0 Å². The van der Waals surface area contributed by atoms with Crippen LogP contribution in [-0.2, 0) is 17.8 Å². The number of nitrogens with zero attached hydrogens (tertiary/aromatic N) is 2. The number of fused-ring (bicyclic) bond motifs is 1. The highest BCUT2D eigenvalue weighted by atomic mass is 16.2. The number of hydrogen-bond acceptors (Lipinski definition) is 2. The van der Waals surface area contributed by atoms with Crippen LogP contribution in [0.25, 0.3) is 0 Å². The maximum Gasteiger partial charge on any atom is 0.254 e. The van der Waals surface area contributed by atoms with Gasteiger partial charge in [0.25, 0.3) is 5.91 Å². The van der Waals surface area contributed by atoms with Gasteiger partial charge in [-0.15, -0.1) is 0 Å². The summed E-state index contributed by atoms with van der Waals surface area (Å²) in [6.07, 6.45) is 2.51. The normalized spacial score (nSPS) is 19.6. The number of likely N-dealkylation sites (tertiary alicyclic amines) is 1. The van der Waals surface area contributed by atoms with Gasteiger partial charge in [-0.3, -0.25) is 9.59 Å². The van der Waals surface area contributed by atoms with Crippen molar-refractivity contribution in [3.05, 3.63) is 70.8 Å². The fourth-order valence-electron chi connectivity index (χ4n) is 4.06. The minimum absolute atomic E-state index is 0.0794. The van der Waals surface area contributed by atoms with Crippen molar-refractivity contribution in [3.63, 3.8) is 0 Å². The molecule has 0 aliphatic carbocycles. The van der Waals surface area contributed by atoms with E-state index in [9.17, 15) is 9.59 Å². The molecule has 0 bridgehead atoms. The van der Waals surface area contributed by atoms with E-state index in [1.807, 2.05) is 40.1 Å². The highest BCUT2D eigenvalue weighted by Crippen LogP contribution is 2.30. The second-order valence-corrected chi connectivity index (χ2v) is 7.24. The number of carbonyl (C=O) groups excluding carboxylic acids is 2. The summed E-state index contributed by atoms with van der Waals surface area (Å²) in [4.78, 5) is 28.6. The van der Waals surface area contributed by atoms with Crippen LogP contribution in [0.1, 0.15) is 52.9 Å². The molecular formula is C22H24N2O2. The summed E-state index contributed by atoms with van der Waals surface area (Å²) in [5, 5.41) is 0. The van der Waals surface area contributed by atoms with Crippen LogP contribution in [0.3, 0.4) is 0 Å². The minimum Gasteiger partial charge on any atom is -0.338 e. The number of carbonyl (C=O) groups is 2. The standard InChI is InChI=1S/C22H24N2O2/c1-16-20-6-3-2-5-18(20)12-14-24(16)22(26)19-10-8-17(9-11-19)15-23-13-4-7-21(23)25/h2-3,5-6,8-11,16H,4,7,12-15H2,1H3/t16-/m1/s1. The lowest BCUT2D eigenvalue weighted by atomic mass is 9.93. The van der Waals surface area contributed by atoms with Gasteiger partial charge in [-0.1, -0.05) is 36.4 Å². The molecular weight excluding hydrogens is 324 g/mol. The number of hydrogen-bond donors (Lipinski definition) is 0. The molecule has 0 radical (unpaired) electrons. The topological polar surface area (TPSA) is 40.6 Å². The number of amides is 2. The Morgan fingerprint density at radius 3 is 2.54 bits per heavy atom. The van der Waals surface area contributed by atoms with E-state index in [1.165, 1.54) is 11.1 Å². The van der Waals surface area contributed by atoms with Crippen molar-refractivity contribution in [2.75, 3.05) is 13.1 Å². The van der Waals surface area contributed by atoms with Gasteiger partial charge in [-0.05, 0) is 48.6 Å². The second-order valence-electron chi connectivity index (χ2n) is 7.24. The van der Waals surface area contributed by atoms with E-state index in [0.29, 0.717) is 18.5 Å². The maximum atomic E-state index is 13.0. The maximum absolute atomic E-state index is 13.0. The van der Waals surface area contributed by atoms with E-state index < -0.39 is 0 Å². The summed E-state index contributed by atoms with van der Waals surface area (Å²) >= 11 is 0. The van der Waals surface area contributed by atoms with Crippen molar-refractivity contribution in [1.29, 1.82) is 0 Å². The molecule has 2 amide bonds. The molecule has 0 unspecified atom stereocenters. The smallest absolute Gasteiger partial charge is 0.254 e. The van der Waals surface area contributed by atoms with Crippen LogP contribution in [0.2, 0.25) is 0 Å². The lowest BCUT2D eigenvalue weighted by Crippen LogP contribution is -2.38. The zero-order valence-electron chi connectivity index (χ0n) is 15.1. The third kappa shape index (κ3) is 3.12. The molecule has 2 aliphatic rings. The zero-order chi connectivity index (χ0) is 18.1. The number of benzene rings is 2. The Morgan fingerprint density at radius 2 is 1.81 bits per heavy atom. The molecule has 0 aromatic heterocycles. The molecule has 0 N–H and O–H groups in total. The van der Waals surface area contributed by atoms with Gasteiger partial charge in [0.2, 0.25) is 5.91 Å². The van der Waals surface area contributed by atoms with Crippen molar-refractivity contribution in [1.82, 2.24) is 9.80 Å². The van der Waals surface area contributed by atoms with Crippen molar-refractivity contribution in [2.45, 2.75) is 38.8 Å². The van der Waals surface area contributed by atoms with Crippen LogP contribution in [0.4, 0.5) is 0 Å². The van der Waals surface area contributed by atoms with Gasteiger partial charge in [-0.2, -0.15) is 0 Å². The van der Waals surface area contributed by atoms with Gasteiger partial charge in [-0.25, -0.2) is 0 Å². The van der Waals surface area contributed by atoms with Crippen molar-refractivity contribution >= 4 is 11.8 Å². The van der Waals surface area contributed by atoms with Crippen LogP contribution in [0.5, 0.6) is 0 Å². The molecule has 2 aliphatic heterocycles. The molecule has 1 atom stereocenters. The average Bonchev–Trinajstić information content (AvgIpc) is 3.07. The first-order valence-electron chi connectivity index (χ1n) is 9.39. The van der Waals surface area contributed by atoms with E-state index in [1.54, 1.807) is 0 Å². The highest BCUT2D eigenvalue weighted by molar-refractivity contribution is 5.94. The molecule has 4 heteroatoms. The molecule has 2 aromatic rings. The van der Waals surface area contributed by atoms with Gasteiger partial charge in [0.1, 0.15) is 0 Å². The minimum atomic E-state index is 0.0794. The predicted octanol–water partition coefficient (Wildman–Crippen LogP) is 3.57. The van der Waals surface area contributed by atoms with E-state index >= 15 is 0 Å². The molecule has 1 saturated heterocycles. The van der Waals surface area contributed by atoms with E-state index in [0.717, 1.165) is 31.5 Å². The van der Waals surface area contributed by atoms with Crippen LogP contribution in [-0.4, -0.2) is 34.7 Å². The molecule has 2 aromatic carbocycles. The van der Waals surface area contributed by atoms with Crippen LogP contribution < -0.4 is 0 Å². The quantitative estimate of drug-likeness (QED) is 0.851. The molecule has 1 fully saturated rings. The monoisotopic (exact) mass is 348 g/mol.